The molecular formula is C24H28F2N6. The molecule has 0 N–H and O–H groups in total. The number of anilines is 1. The molecule has 1 aliphatic carbocycles. The topological polar surface area (TPSA) is 50.1 Å². The van der Waals surface area contributed by atoms with Gasteiger partial charge in [-0.25, -0.2) is 13.5 Å². The summed E-state index contributed by atoms with van der Waals surface area (Å²) in [4.78, 5) is 4.27. The average molecular weight is 439 g/mol. The normalized spacial score (nSPS) is 19.2. The molecule has 1 saturated carbocycles. The van der Waals surface area contributed by atoms with Gasteiger partial charge in [0, 0.05) is 31.7 Å². The minimum absolute atomic E-state index is 0.215. The molecule has 1 aromatic heterocycles. The van der Waals surface area contributed by atoms with Gasteiger partial charge >= 0.3 is 0 Å². The standard InChI is InChI=1S/C24H28F2N6/c25-20-11-5-4-10-19(20)23(24-27-28-29-32(24)18-8-2-1-3-9-18)31-16-14-30(15-17-31)22-13-7-6-12-21(22)26/h4-7,10-13,18,23H,1-3,8-9,14-17H2/t23-/m0/s1. The summed E-state index contributed by atoms with van der Waals surface area (Å²) in [5, 5.41) is 12.7. The average Bonchev–Trinajstić information content (AvgIpc) is 3.31. The molecule has 0 bridgehead atoms. The Morgan fingerprint density at radius 3 is 2.22 bits per heavy atom. The zero-order valence-corrected chi connectivity index (χ0v) is 18.1. The number of hydrogen-bond acceptors (Lipinski definition) is 5. The maximum absolute atomic E-state index is 15.0. The number of benzene rings is 2. The molecule has 2 aliphatic rings. The molecule has 6 nitrogen and oxygen atoms in total. The first-order chi connectivity index (χ1) is 15.7. The molecule has 0 radical (unpaired) electrons. The Morgan fingerprint density at radius 2 is 1.50 bits per heavy atom. The fourth-order valence-electron chi connectivity index (χ4n) is 5.09. The number of piperazine rings is 1. The van der Waals surface area contributed by atoms with E-state index in [1.54, 1.807) is 12.1 Å². The summed E-state index contributed by atoms with van der Waals surface area (Å²) >= 11 is 0. The Kier molecular flexibility index (Phi) is 6.12. The molecule has 2 aromatic carbocycles. The van der Waals surface area contributed by atoms with Crippen LogP contribution in [0, 0.1) is 11.6 Å². The lowest BCUT2D eigenvalue weighted by Gasteiger charge is -2.40. The van der Waals surface area contributed by atoms with E-state index in [-0.39, 0.29) is 23.7 Å². The number of tetrazole rings is 1. The monoisotopic (exact) mass is 438 g/mol. The molecule has 168 valence electrons. The summed E-state index contributed by atoms with van der Waals surface area (Å²) in [6, 6.07) is 13.6. The Bertz CT molecular complexity index is 1040. The number of nitrogens with zero attached hydrogens (tertiary/aromatic N) is 6. The van der Waals surface area contributed by atoms with Gasteiger partial charge in [0.05, 0.1) is 11.7 Å². The molecule has 8 heteroatoms. The maximum Gasteiger partial charge on any atom is 0.173 e. The van der Waals surface area contributed by atoms with E-state index in [9.17, 15) is 8.78 Å². The molecule has 0 spiro atoms. The van der Waals surface area contributed by atoms with E-state index < -0.39 is 0 Å². The van der Waals surface area contributed by atoms with Crippen molar-refractivity contribution in [3.05, 3.63) is 71.6 Å². The summed E-state index contributed by atoms with van der Waals surface area (Å²) in [5.41, 5.74) is 1.19. The third-order valence-corrected chi connectivity index (χ3v) is 6.76. The Hall–Kier alpha value is -2.87. The molecule has 3 aromatic rings. The highest BCUT2D eigenvalue weighted by Gasteiger charge is 2.34. The van der Waals surface area contributed by atoms with Crippen LogP contribution in [0.1, 0.15) is 55.6 Å². The highest BCUT2D eigenvalue weighted by atomic mass is 19.1. The molecule has 0 amide bonds. The number of para-hydroxylation sites is 1. The van der Waals surface area contributed by atoms with Crippen molar-refractivity contribution in [2.45, 2.75) is 44.2 Å². The third-order valence-electron chi connectivity index (χ3n) is 6.76. The molecule has 1 atom stereocenters. The van der Waals surface area contributed by atoms with Crippen molar-refractivity contribution in [1.29, 1.82) is 0 Å². The van der Waals surface area contributed by atoms with Gasteiger partial charge in [-0.05, 0) is 41.5 Å². The van der Waals surface area contributed by atoms with Gasteiger partial charge in [-0.15, -0.1) is 5.10 Å². The van der Waals surface area contributed by atoms with Crippen LogP contribution in [0.2, 0.25) is 0 Å². The van der Waals surface area contributed by atoms with Crippen molar-refractivity contribution >= 4 is 5.69 Å². The lowest BCUT2D eigenvalue weighted by Crippen LogP contribution is -2.49. The van der Waals surface area contributed by atoms with Crippen molar-refractivity contribution in [3.8, 4) is 0 Å². The van der Waals surface area contributed by atoms with Gasteiger partial charge in [-0.3, -0.25) is 4.90 Å². The van der Waals surface area contributed by atoms with Crippen LogP contribution < -0.4 is 4.90 Å². The Balaban J connectivity index is 1.45. The Morgan fingerprint density at radius 1 is 0.812 bits per heavy atom. The number of aromatic nitrogens is 4. The predicted molar refractivity (Wildman–Crippen MR) is 118 cm³/mol. The van der Waals surface area contributed by atoms with Crippen LogP contribution in [0.15, 0.2) is 48.5 Å². The van der Waals surface area contributed by atoms with Crippen molar-refractivity contribution < 1.29 is 8.78 Å². The van der Waals surface area contributed by atoms with Crippen LogP contribution >= 0.6 is 0 Å². The van der Waals surface area contributed by atoms with E-state index >= 15 is 0 Å². The molecule has 5 rings (SSSR count). The summed E-state index contributed by atoms with van der Waals surface area (Å²) in [7, 11) is 0. The molecule has 1 saturated heterocycles. The quantitative estimate of drug-likeness (QED) is 0.592. The molecule has 2 heterocycles. The van der Waals surface area contributed by atoms with E-state index in [1.807, 2.05) is 33.8 Å². The fraction of sp³-hybridized carbons (Fsp3) is 0.458. The maximum atomic E-state index is 15.0. The first-order valence-electron chi connectivity index (χ1n) is 11.5. The van der Waals surface area contributed by atoms with Crippen LogP contribution in [-0.4, -0.2) is 51.3 Å². The number of halogens is 2. The smallest absolute Gasteiger partial charge is 0.173 e. The highest BCUT2D eigenvalue weighted by molar-refractivity contribution is 5.48. The van der Waals surface area contributed by atoms with Crippen LogP contribution in [0.25, 0.3) is 0 Å². The second-order valence-electron chi connectivity index (χ2n) is 8.67. The van der Waals surface area contributed by atoms with Crippen molar-refractivity contribution in [2.24, 2.45) is 0 Å². The second-order valence-corrected chi connectivity index (χ2v) is 8.67. The van der Waals surface area contributed by atoms with E-state index in [1.165, 1.54) is 18.6 Å². The first-order valence-corrected chi connectivity index (χ1v) is 11.5. The van der Waals surface area contributed by atoms with Gasteiger partial charge in [-0.1, -0.05) is 49.6 Å². The second kappa shape index (κ2) is 9.32. The van der Waals surface area contributed by atoms with Gasteiger partial charge in [0.2, 0.25) is 0 Å². The Labute approximate surface area is 186 Å². The first kappa shape index (κ1) is 21.0. The van der Waals surface area contributed by atoms with E-state index in [4.69, 9.17) is 0 Å². The zero-order chi connectivity index (χ0) is 21.9. The molecule has 2 fully saturated rings. The predicted octanol–water partition coefficient (Wildman–Crippen LogP) is 4.37. The largest absolute Gasteiger partial charge is 0.367 e. The summed E-state index contributed by atoms with van der Waals surface area (Å²) in [6.07, 6.45) is 5.65. The molecule has 1 aliphatic heterocycles. The van der Waals surface area contributed by atoms with Crippen LogP contribution in [0.3, 0.4) is 0 Å². The van der Waals surface area contributed by atoms with Gasteiger partial charge in [0.25, 0.3) is 0 Å². The minimum Gasteiger partial charge on any atom is -0.367 e. The summed E-state index contributed by atoms with van der Waals surface area (Å²) in [5.74, 6) is 0.224. The van der Waals surface area contributed by atoms with Crippen LogP contribution in [-0.2, 0) is 0 Å². The van der Waals surface area contributed by atoms with Gasteiger partial charge in [0.1, 0.15) is 17.7 Å². The van der Waals surface area contributed by atoms with E-state index in [2.05, 4.69) is 20.4 Å². The number of hydrogen-bond donors (Lipinski definition) is 0. The van der Waals surface area contributed by atoms with Gasteiger partial charge in [-0.2, -0.15) is 0 Å². The molecule has 0 unspecified atom stereocenters. The fourth-order valence-corrected chi connectivity index (χ4v) is 5.09. The minimum atomic E-state index is -0.379. The molecular weight excluding hydrogens is 410 g/mol. The van der Waals surface area contributed by atoms with E-state index in [0.29, 0.717) is 43.3 Å². The summed E-state index contributed by atoms with van der Waals surface area (Å²) < 4.78 is 31.2. The zero-order valence-electron chi connectivity index (χ0n) is 18.1. The van der Waals surface area contributed by atoms with E-state index in [0.717, 1.165) is 25.7 Å². The van der Waals surface area contributed by atoms with Gasteiger partial charge < -0.3 is 4.90 Å². The third kappa shape index (κ3) is 4.11. The van der Waals surface area contributed by atoms with Crippen LogP contribution in [0.4, 0.5) is 14.5 Å². The SMILES string of the molecule is Fc1ccccc1[C@@H](c1nnnn1C1CCCCC1)N1CCN(c2ccccc2F)CC1. The van der Waals surface area contributed by atoms with Crippen LogP contribution in [0.5, 0.6) is 0 Å². The van der Waals surface area contributed by atoms with Crippen molar-refractivity contribution in [2.75, 3.05) is 31.1 Å². The van der Waals surface area contributed by atoms with Crippen molar-refractivity contribution in [1.82, 2.24) is 25.1 Å². The van der Waals surface area contributed by atoms with Gasteiger partial charge in [0.15, 0.2) is 5.82 Å². The lowest BCUT2D eigenvalue weighted by molar-refractivity contribution is 0.190. The summed E-state index contributed by atoms with van der Waals surface area (Å²) in [6.45, 7) is 2.61. The highest BCUT2D eigenvalue weighted by Crippen LogP contribution is 2.35. The van der Waals surface area contributed by atoms with Crippen molar-refractivity contribution in [3.63, 3.8) is 0 Å². The number of rotatable bonds is 5. The molecule has 32 heavy (non-hydrogen) atoms. The lowest BCUT2D eigenvalue weighted by atomic mass is 9.95.